The van der Waals surface area contributed by atoms with Crippen LogP contribution in [0.3, 0.4) is 0 Å². The summed E-state index contributed by atoms with van der Waals surface area (Å²) in [7, 11) is 0. The van der Waals surface area contributed by atoms with Crippen LogP contribution in [-0.4, -0.2) is 27.3 Å². The number of ether oxygens (including phenoxy) is 1. The molecule has 0 aliphatic carbocycles. The van der Waals surface area contributed by atoms with Crippen LogP contribution in [0.2, 0.25) is 0 Å². The van der Waals surface area contributed by atoms with E-state index in [1.165, 1.54) is 18.2 Å². The molecular weight excluding hydrogens is 415 g/mol. The fourth-order valence-corrected chi connectivity index (χ4v) is 3.59. The lowest BCUT2D eigenvalue weighted by Gasteiger charge is -2.09. The minimum atomic E-state index is -0.460. The van der Waals surface area contributed by atoms with Crippen molar-refractivity contribution >= 4 is 22.9 Å². The molecule has 0 fully saturated rings. The molecule has 0 saturated carbocycles. The van der Waals surface area contributed by atoms with Crippen molar-refractivity contribution in [3.05, 3.63) is 77.4 Å². The van der Waals surface area contributed by atoms with Gasteiger partial charge in [0.2, 0.25) is 0 Å². The molecule has 0 saturated heterocycles. The molecule has 2 aromatic heterocycles. The lowest BCUT2D eigenvalue weighted by Crippen LogP contribution is -2.12. The van der Waals surface area contributed by atoms with Crippen LogP contribution in [0.15, 0.2) is 66.0 Å². The molecule has 31 heavy (non-hydrogen) atoms. The standard InChI is InChI=1S/C23H21FN4O2S/c1-15(2)14-30-23-26-21(20-10-5-11-31-20)28(27-23)19-9-4-8-18(13-19)25-22(29)16-6-3-7-17(24)12-16/h3-13,15H,14H2,1-2H3,(H,25,29). The monoisotopic (exact) mass is 436 g/mol. The third-order valence-corrected chi connectivity index (χ3v) is 5.18. The molecule has 0 spiro atoms. The third-order valence-electron chi connectivity index (χ3n) is 4.31. The maximum Gasteiger partial charge on any atom is 0.336 e. The second kappa shape index (κ2) is 9.09. The number of anilines is 1. The number of rotatable bonds is 7. The van der Waals surface area contributed by atoms with Crippen molar-refractivity contribution in [3.8, 4) is 22.4 Å². The molecule has 0 bridgehead atoms. The summed E-state index contributed by atoms with van der Waals surface area (Å²) in [5.41, 5.74) is 1.52. The van der Waals surface area contributed by atoms with E-state index in [9.17, 15) is 9.18 Å². The molecule has 8 heteroatoms. The quantitative estimate of drug-likeness (QED) is 0.420. The molecule has 0 atom stereocenters. The molecule has 0 unspecified atom stereocenters. The maximum absolute atomic E-state index is 13.4. The molecule has 6 nitrogen and oxygen atoms in total. The molecule has 4 rings (SSSR count). The van der Waals surface area contributed by atoms with E-state index >= 15 is 0 Å². The first-order valence-electron chi connectivity index (χ1n) is 9.80. The van der Waals surface area contributed by atoms with Crippen LogP contribution in [0.4, 0.5) is 10.1 Å². The fraction of sp³-hybridized carbons (Fsp3) is 0.174. The Labute approximate surface area is 183 Å². The average molecular weight is 437 g/mol. The molecular formula is C23H21FN4O2S. The predicted octanol–water partition coefficient (Wildman–Crippen LogP) is 5.42. The number of aromatic nitrogens is 3. The lowest BCUT2D eigenvalue weighted by atomic mass is 10.2. The summed E-state index contributed by atoms with van der Waals surface area (Å²) in [5.74, 6) is 0.147. The van der Waals surface area contributed by atoms with Gasteiger partial charge in [0.1, 0.15) is 5.82 Å². The Morgan fingerprint density at radius 1 is 1.16 bits per heavy atom. The molecule has 0 radical (unpaired) electrons. The van der Waals surface area contributed by atoms with Gasteiger partial charge in [-0.15, -0.1) is 16.4 Å². The highest BCUT2D eigenvalue weighted by atomic mass is 32.1. The van der Waals surface area contributed by atoms with Crippen molar-refractivity contribution in [1.29, 1.82) is 0 Å². The van der Waals surface area contributed by atoms with Crippen molar-refractivity contribution in [2.45, 2.75) is 13.8 Å². The first-order valence-corrected chi connectivity index (χ1v) is 10.7. The van der Waals surface area contributed by atoms with E-state index in [2.05, 4.69) is 29.2 Å². The summed E-state index contributed by atoms with van der Waals surface area (Å²) in [6.45, 7) is 4.63. The molecule has 2 heterocycles. The smallest absolute Gasteiger partial charge is 0.336 e. The molecule has 158 valence electrons. The van der Waals surface area contributed by atoms with Gasteiger partial charge in [-0.2, -0.15) is 4.98 Å². The van der Waals surface area contributed by atoms with Gasteiger partial charge in [0.25, 0.3) is 5.91 Å². The van der Waals surface area contributed by atoms with E-state index in [1.807, 2.05) is 29.6 Å². The van der Waals surface area contributed by atoms with Crippen molar-refractivity contribution in [2.24, 2.45) is 5.92 Å². The number of nitrogens with zero attached hydrogens (tertiary/aromatic N) is 3. The van der Waals surface area contributed by atoms with Crippen molar-refractivity contribution in [2.75, 3.05) is 11.9 Å². The van der Waals surface area contributed by atoms with Crippen LogP contribution < -0.4 is 10.1 Å². The minimum Gasteiger partial charge on any atom is -0.462 e. The Balaban J connectivity index is 1.64. The van der Waals surface area contributed by atoms with E-state index in [0.717, 1.165) is 4.88 Å². The van der Waals surface area contributed by atoms with Gasteiger partial charge in [0.15, 0.2) is 5.82 Å². The van der Waals surface area contributed by atoms with E-state index < -0.39 is 11.7 Å². The third kappa shape index (κ3) is 4.97. The lowest BCUT2D eigenvalue weighted by molar-refractivity contribution is 0.102. The SMILES string of the molecule is CC(C)COc1nc(-c2cccs2)n(-c2cccc(NC(=O)c3cccc(F)c3)c2)n1. The topological polar surface area (TPSA) is 69.0 Å². The summed E-state index contributed by atoms with van der Waals surface area (Å²) in [6, 6.07) is 17.0. The maximum atomic E-state index is 13.4. The highest BCUT2D eigenvalue weighted by Gasteiger charge is 2.17. The number of nitrogens with one attached hydrogen (secondary N) is 1. The first-order chi connectivity index (χ1) is 15.0. The Bertz CT molecular complexity index is 1190. The molecule has 1 N–H and O–H groups in total. The van der Waals surface area contributed by atoms with Gasteiger partial charge < -0.3 is 10.1 Å². The van der Waals surface area contributed by atoms with Gasteiger partial charge >= 0.3 is 6.01 Å². The van der Waals surface area contributed by atoms with Crippen molar-refractivity contribution in [1.82, 2.24) is 14.8 Å². The molecule has 4 aromatic rings. The van der Waals surface area contributed by atoms with E-state index in [1.54, 1.807) is 34.2 Å². The fourth-order valence-electron chi connectivity index (χ4n) is 2.89. The van der Waals surface area contributed by atoms with E-state index in [-0.39, 0.29) is 5.56 Å². The minimum absolute atomic E-state index is 0.245. The van der Waals surface area contributed by atoms with Gasteiger partial charge in [0.05, 0.1) is 17.2 Å². The van der Waals surface area contributed by atoms with E-state index in [0.29, 0.717) is 35.7 Å². The van der Waals surface area contributed by atoms with Crippen LogP contribution in [0, 0.1) is 11.7 Å². The second-order valence-corrected chi connectivity index (χ2v) is 8.27. The van der Waals surface area contributed by atoms with Gasteiger partial charge in [-0.3, -0.25) is 4.79 Å². The normalized spacial score (nSPS) is 11.0. The number of halogens is 1. The summed E-state index contributed by atoms with van der Waals surface area (Å²) < 4.78 is 20.9. The van der Waals surface area contributed by atoms with Gasteiger partial charge in [-0.05, 0) is 53.8 Å². The largest absolute Gasteiger partial charge is 0.462 e. The van der Waals surface area contributed by atoms with Crippen molar-refractivity contribution in [3.63, 3.8) is 0 Å². The van der Waals surface area contributed by atoms with Crippen LogP contribution in [0.1, 0.15) is 24.2 Å². The number of thiophene rings is 1. The first kappa shape index (κ1) is 20.7. The number of amides is 1. The number of hydrogen-bond donors (Lipinski definition) is 1. The number of carbonyl (C=O) groups excluding carboxylic acids is 1. The summed E-state index contributed by atoms with van der Waals surface area (Å²) in [5, 5.41) is 9.30. The van der Waals surface area contributed by atoms with Crippen LogP contribution in [0.25, 0.3) is 16.4 Å². The highest BCUT2D eigenvalue weighted by molar-refractivity contribution is 7.13. The predicted molar refractivity (Wildman–Crippen MR) is 119 cm³/mol. The van der Waals surface area contributed by atoms with Crippen LogP contribution in [0.5, 0.6) is 6.01 Å². The molecule has 1 amide bonds. The Morgan fingerprint density at radius 2 is 2.00 bits per heavy atom. The zero-order valence-electron chi connectivity index (χ0n) is 17.1. The Kier molecular flexibility index (Phi) is 6.08. The Hall–Kier alpha value is -3.52. The van der Waals surface area contributed by atoms with Crippen molar-refractivity contribution < 1.29 is 13.9 Å². The Morgan fingerprint density at radius 3 is 2.74 bits per heavy atom. The van der Waals surface area contributed by atoms with Crippen LogP contribution >= 0.6 is 11.3 Å². The molecule has 2 aromatic carbocycles. The summed E-state index contributed by atoms with van der Waals surface area (Å²) in [6.07, 6.45) is 0. The van der Waals surface area contributed by atoms with Gasteiger partial charge in [0, 0.05) is 11.3 Å². The average Bonchev–Trinajstić information content (AvgIpc) is 3.42. The summed E-state index contributed by atoms with van der Waals surface area (Å²) in [4.78, 5) is 18.0. The molecule has 0 aliphatic rings. The summed E-state index contributed by atoms with van der Waals surface area (Å²) >= 11 is 1.55. The highest BCUT2D eigenvalue weighted by Crippen LogP contribution is 2.28. The molecule has 0 aliphatic heterocycles. The zero-order chi connectivity index (χ0) is 21.8. The van der Waals surface area contributed by atoms with E-state index in [4.69, 9.17) is 4.74 Å². The number of carbonyl (C=O) groups is 1. The van der Waals surface area contributed by atoms with Crippen LogP contribution in [-0.2, 0) is 0 Å². The second-order valence-electron chi connectivity index (χ2n) is 7.33. The number of hydrogen-bond acceptors (Lipinski definition) is 5. The zero-order valence-corrected chi connectivity index (χ0v) is 17.9. The van der Waals surface area contributed by atoms with Gasteiger partial charge in [-0.25, -0.2) is 9.07 Å². The van der Waals surface area contributed by atoms with Gasteiger partial charge in [-0.1, -0.05) is 32.0 Å². The number of benzene rings is 2.